The number of hydrogen-bond acceptors (Lipinski definition) is 6. The second-order valence-corrected chi connectivity index (χ2v) is 5.02. The topological polar surface area (TPSA) is 91.4 Å². The maximum absolute atomic E-state index is 12.4. The fourth-order valence-electron chi connectivity index (χ4n) is 2.16. The summed E-state index contributed by atoms with van der Waals surface area (Å²) in [5, 5.41) is 7.18. The maximum Gasteiger partial charge on any atom is 0.392 e. The molecule has 0 amide bonds. The van der Waals surface area contributed by atoms with E-state index in [9.17, 15) is 22.8 Å². The molecule has 118 valence electrons. The highest BCUT2D eigenvalue weighted by molar-refractivity contribution is 5.93. The fourth-order valence-corrected chi connectivity index (χ4v) is 2.16. The minimum Gasteiger partial charge on any atom is -0.458 e. The largest absolute Gasteiger partial charge is 0.458 e. The summed E-state index contributed by atoms with van der Waals surface area (Å²) in [4.78, 5) is 27.4. The third kappa shape index (κ3) is 2.31. The van der Waals surface area contributed by atoms with Gasteiger partial charge < -0.3 is 4.74 Å². The molecule has 0 radical (unpaired) electrons. The highest BCUT2D eigenvalue weighted by Crippen LogP contribution is 2.42. The van der Waals surface area contributed by atoms with Gasteiger partial charge in [0.1, 0.15) is 12.4 Å². The first-order valence-electron chi connectivity index (χ1n) is 6.32. The van der Waals surface area contributed by atoms with Gasteiger partial charge in [-0.15, -0.1) is 5.10 Å². The molecule has 1 fully saturated rings. The van der Waals surface area contributed by atoms with E-state index in [1.807, 2.05) is 0 Å². The number of nitrogens with zero attached hydrogens (tertiary/aromatic N) is 5. The number of fused-ring (bicyclic) bond motifs is 1. The first kappa shape index (κ1) is 14.5. The summed E-state index contributed by atoms with van der Waals surface area (Å²) in [5.41, 5.74) is -0.905. The van der Waals surface area contributed by atoms with E-state index >= 15 is 0 Å². The van der Waals surface area contributed by atoms with Crippen LogP contribution in [-0.2, 0) is 11.8 Å². The van der Waals surface area contributed by atoms with Gasteiger partial charge in [0.25, 0.3) is 0 Å². The zero-order chi connectivity index (χ0) is 16.1. The summed E-state index contributed by atoms with van der Waals surface area (Å²) in [7, 11) is 1.37. The molecular formula is C11H10F3N5O3. The van der Waals surface area contributed by atoms with Crippen LogP contribution >= 0.6 is 0 Å². The van der Waals surface area contributed by atoms with Gasteiger partial charge in [0, 0.05) is 7.05 Å². The van der Waals surface area contributed by atoms with Crippen LogP contribution in [0.5, 0.6) is 0 Å². The SMILES string of the molecule is Cn1nnc2c(C(=O)OC3CC(C(F)(F)F)C3)ncn2c1=O. The number of aromatic nitrogens is 5. The number of carbonyl (C=O) groups is 1. The van der Waals surface area contributed by atoms with Gasteiger partial charge in [-0.2, -0.15) is 17.9 Å². The van der Waals surface area contributed by atoms with Gasteiger partial charge in [-0.3, -0.25) is 0 Å². The van der Waals surface area contributed by atoms with Crippen molar-refractivity contribution in [3.8, 4) is 0 Å². The molecule has 0 saturated heterocycles. The number of aryl methyl sites for hydroxylation is 1. The highest BCUT2D eigenvalue weighted by atomic mass is 19.4. The first-order valence-corrected chi connectivity index (χ1v) is 6.32. The van der Waals surface area contributed by atoms with Crippen molar-refractivity contribution in [1.82, 2.24) is 24.4 Å². The van der Waals surface area contributed by atoms with Gasteiger partial charge >= 0.3 is 17.8 Å². The van der Waals surface area contributed by atoms with E-state index < -0.39 is 29.9 Å². The Hall–Kier alpha value is -2.46. The Bertz CT molecular complexity index is 790. The van der Waals surface area contributed by atoms with Crippen LogP contribution in [0, 0.1) is 5.92 Å². The Balaban J connectivity index is 1.75. The van der Waals surface area contributed by atoms with Crippen LogP contribution in [0.4, 0.5) is 13.2 Å². The van der Waals surface area contributed by atoms with Crippen molar-refractivity contribution in [2.45, 2.75) is 25.1 Å². The molecule has 1 saturated carbocycles. The molecule has 1 aliphatic rings. The minimum absolute atomic E-state index is 0.0974. The quantitative estimate of drug-likeness (QED) is 0.741. The Labute approximate surface area is 120 Å². The summed E-state index contributed by atoms with van der Waals surface area (Å²) >= 11 is 0. The molecule has 0 unspecified atom stereocenters. The third-order valence-corrected chi connectivity index (χ3v) is 3.52. The van der Waals surface area contributed by atoms with Gasteiger partial charge in [0.15, 0.2) is 11.3 Å². The Morgan fingerprint density at radius 2 is 2.09 bits per heavy atom. The van der Waals surface area contributed by atoms with Crippen molar-refractivity contribution < 1.29 is 22.7 Å². The molecule has 0 aliphatic heterocycles. The lowest BCUT2D eigenvalue weighted by molar-refractivity contribution is -0.213. The molecule has 2 aromatic rings. The molecule has 11 heteroatoms. The summed E-state index contributed by atoms with van der Waals surface area (Å²) in [6.07, 6.45) is -4.54. The average Bonchev–Trinajstić information content (AvgIpc) is 2.80. The van der Waals surface area contributed by atoms with Gasteiger partial charge in [-0.25, -0.2) is 19.0 Å². The number of ether oxygens (including phenoxy) is 1. The van der Waals surface area contributed by atoms with Crippen LogP contribution in [0.2, 0.25) is 0 Å². The summed E-state index contributed by atoms with van der Waals surface area (Å²) in [6, 6.07) is 0. The van der Waals surface area contributed by atoms with Crippen LogP contribution in [-0.4, -0.2) is 42.6 Å². The lowest BCUT2D eigenvalue weighted by Crippen LogP contribution is -2.41. The normalized spacial score (nSPS) is 21.6. The predicted octanol–water partition coefficient (Wildman–Crippen LogP) is 0.321. The number of imidazole rings is 1. The van der Waals surface area contributed by atoms with Gasteiger partial charge in [0.2, 0.25) is 0 Å². The van der Waals surface area contributed by atoms with Gasteiger partial charge in [0.05, 0.1) is 5.92 Å². The van der Waals surface area contributed by atoms with Crippen LogP contribution in [0.15, 0.2) is 11.1 Å². The fraction of sp³-hybridized carbons (Fsp3) is 0.545. The molecule has 0 bridgehead atoms. The number of carbonyl (C=O) groups excluding carboxylic acids is 1. The maximum atomic E-state index is 12.4. The molecule has 3 rings (SSSR count). The van der Waals surface area contributed by atoms with Crippen LogP contribution in [0.3, 0.4) is 0 Å². The molecule has 8 nitrogen and oxygen atoms in total. The van der Waals surface area contributed by atoms with Crippen molar-refractivity contribution in [2.24, 2.45) is 13.0 Å². The summed E-state index contributed by atoms with van der Waals surface area (Å²) in [5.74, 6) is -2.37. The number of esters is 1. The van der Waals surface area contributed by atoms with E-state index in [4.69, 9.17) is 4.74 Å². The smallest absolute Gasteiger partial charge is 0.392 e. The molecular weight excluding hydrogens is 307 g/mol. The summed E-state index contributed by atoms with van der Waals surface area (Å²) in [6.45, 7) is 0. The van der Waals surface area contributed by atoms with Crippen molar-refractivity contribution in [2.75, 3.05) is 0 Å². The van der Waals surface area contributed by atoms with E-state index in [0.29, 0.717) is 0 Å². The van der Waals surface area contributed by atoms with E-state index in [1.54, 1.807) is 0 Å². The van der Waals surface area contributed by atoms with Crippen molar-refractivity contribution in [1.29, 1.82) is 0 Å². The molecule has 1 aliphatic carbocycles. The molecule has 0 atom stereocenters. The highest BCUT2D eigenvalue weighted by Gasteiger charge is 2.49. The lowest BCUT2D eigenvalue weighted by atomic mass is 9.82. The van der Waals surface area contributed by atoms with Crippen molar-refractivity contribution in [3.05, 3.63) is 22.5 Å². The van der Waals surface area contributed by atoms with Crippen molar-refractivity contribution in [3.63, 3.8) is 0 Å². The van der Waals surface area contributed by atoms with E-state index in [-0.39, 0.29) is 24.2 Å². The second kappa shape index (κ2) is 4.78. The van der Waals surface area contributed by atoms with Gasteiger partial charge in [-0.05, 0) is 12.8 Å². The number of alkyl halides is 3. The molecule has 0 aromatic carbocycles. The molecule has 0 spiro atoms. The molecule has 2 heterocycles. The molecule has 2 aromatic heterocycles. The van der Waals surface area contributed by atoms with E-state index in [0.717, 1.165) is 15.4 Å². The first-order chi connectivity index (χ1) is 10.3. The standard InChI is InChI=1S/C11H10F3N5O3/c1-18-10(21)19-4-15-7(8(19)16-17-18)9(20)22-6-2-5(3-6)11(12,13)14/h4-6H,2-3H2,1H3. The minimum atomic E-state index is -4.28. The van der Waals surface area contributed by atoms with Crippen LogP contribution < -0.4 is 5.69 Å². The molecule has 0 N–H and O–H groups in total. The zero-order valence-electron chi connectivity index (χ0n) is 11.2. The van der Waals surface area contributed by atoms with Gasteiger partial charge in [-0.1, -0.05) is 5.21 Å². The zero-order valence-corrected chi connectivity index (χ0v) is 11.2. The van der Waals surface area contributed by atoms with Crippen LogP contribution in [0.1, 0.15) is 23.3 Å². The summed E-state index contributed by atoms with van der Waals surface area (Å²) < 4.78 is 44.0. The monoisotopic (exact) mass is 317 g/mol. The average molecular weight is 317 g/mol. The Kier molecular flexibility index (Phi) is 3.15. The Morgan fingerprint density at radius 1 is 1.41 bits per heavy atom. The second-order valence-electron chi connectivity index (χ2n) is 5.02. The number of hydrogen-bond donors (Lipinski definition) is 0. The number of rotatable bonds is 2. The van der Waals surface area contributed by atoms with E-state index in [1.165, 1.54) is 7.05 Å². The van der Waals surface area contributed by atoms with Crippen molar-refractivity contribution >= 4 is 11.6 Å². The van der Waals surface area contributed by atoms with Crippen LogP contribution in [0.25, 0.3) is 5.65 Å². The van der Waals surface area contributed by atoms with E-state index in [2.05, 4.69) is 15.3 Å². The molecule has 22 heavy (non-hydrogen) atoms. The number of halogens is 3. The Morgan fingerprint density at radius 3 is 2.73 bits per heavy atom. The predicted molar refractivity (Wildman–Crippen MR) is 64.0 cm³/mol. The third-order valence-electron chi connectivity index (χ3n) is 3.52. The lowest BCUT2D eigenvalue weighted by Gasteiger charge is -2.35.